The Labute approximate surface area is 350 Å². The van der Waals surface area contributed by atoms with Crippen molar-refractivity contribution in [2.24, 2.45) is 0 Å². The Morgan fingerprint density at radius 3 is 1.38 bits per heavy atom. The third-order valence-electron chi connectivity index (χ3n) is 10.2. The van der Waals surface area contributed by atoms with Crippen LogP contribution in [0.1, 0.15) is 17.5 Å². The van der Waals surface area contributed by atoms with E-state index in [1.807, 2.05) is 24.3 Å². The summed E-state index contributed by atoms with van der Waals surface area (Å²) in [6, 6.07) is 17.9. The van der Waals surface area contributed by atoms with Gasteiger partial charge in [-0.3, -0.25) is 4.98 Å². The van der Waals surface area contributed by atoms with Crippen LogP contribution in [0.3, 0.4) is 0 Å². The molecule has 3 aliphatic heterocycles. The van der Waals surface area contributed by atoms with Crippen molar-refractivity contribution in [1.29, 1.82) is 0 Å². The van der Waals surface area contributed by atoms with Gasteiger partial charge in [-0.05, 0) is 71.1 Å². The summed E-state index contributed by atoms with van der Waals surface area (Å²) in [5.41, 5.74) is 3.82. The Bertz CT molecular complexity index is 2160. The topological polar surface area (TPSA) is 180 Å². The first-order valence-corrected chi connectivity index (χ1v) is 18.9. The number of carbonyl (C=O) groups is 4. The second-order valence-electron chi connectivity index (χ2n) is 13.8. The number of aromatic nitrogens is 1. The molecule has 0 unspecified atom stereocenters. The van der Waals surface area contributed by atoms with E-state index in [4.69, 9.17) is 47.4 Å². The molecule has 1 fully saturated rings. The van der Waals surface area contributed by atoms with Crippen molar-refractivity contribution in [3.8, 4) is 56.9 Å². The van der Waals surface area contributed by atoms with Crippen molar-refractivity contribution in [3.05, 3.63) is 102 Å². The maximum atomic E-state index is 13.6. The summed E-state index contributed by atoms with van der Waals surface area (Å²) in [6.07, 6.45) is 5.41. The summed E-state index contributed by atoms with van der Waals surface area (Å²) in [7, 11) is 9.06. The van der Waals surface area contributed by atoms with E-state index < -0.39 is 35.7 Å². The first-order chi connectivity index (χ1) is 29.5. The molecule has 3 aliphatic rings. The molecule has 4 aromatic rings. The van der Waals surface area contributed by atoms with Crippen LogP contribution in [0.4, 0.5) is 0 Å². The highest BCUT2D eigenvalue weighted by Crippen LogP contribution is 2.46. The number of methoxy groups -OCH3 is 6. The second kappa shape index (κ2) is 17.6. The highest BCUT2D eigenvalue weighted by atomic mass is 16.8. The normalized spacial score (nSPS) is 17.3. The van der Waals surface area contributed by atoms with Crippen LogP contribution in [-0.2, 0) is 51.2 Å². The quantitative estimate of drug-likeness (QED) is 0.178. The SMILES string of the molecule is COc1cc(-c2cccc(CN3CCCN(Cc4ccnc(-c5cc(OC)c(OC)c(OC)c5)c4)C4(OC(=O)C=CC(=O)O4)C34OC(=O)C=CC(=O)O4)c2)cc(OC)c1OC. The number of fused-ring (bicyclic) bond motifs is 1. The van der Waals surface area contributed by atoms with Crippen molar-refractivity contribution in [2.45, 2.75) is 31.3 Å². The molecule has 17 nitrogen and oxygen atoms in total. The van der Waals surface area contributed by atoms with Crippen LogP contribution < -0.4 is 28.4 Å². The molecule has 0 radical (unpaired) electrons. The van der Waals surface area contributed by atoms with Gasteiger partial charge in [-0.2, -0.15) is 0 Å². The number of ether oxygens (including phenoxy) is 10. The fourth-order valence-corrected chi connectivity index (χ4v) is 7.52. The van der Waals surface area contributed by atoms with Gasteiger partial charge in [0.1, 0.15) is 0 Å². The molecule has 17 heteroatoms. The van der Waals surface area contributed by atoms with E-state index in [2.05, 4.69) is 4.98 Å². The highest BCUT2D eigenvalue weighted by Gasteiger charge is 2.73. The molecule has 0 atom stereocenters. The van der Waals surface area contributed by atoms with Crippen LogP contribution >= 0.6 is 0 Å². The van der Waals surface area contributed by atoms with Gasteiger partial charge < -0.3 is 47.4 Å². The molecule has 0 N–H and O–H groups in total. The fraction of sp³-hybridized carbons (Fsp3) is 0.295. The van der Waals surface area contributed by atoms with Crippen LogP contribution in [0.25, 0.3) is 22.4 Å². The number of hydrogen-bond donors (Lipinski definition) is 0. The van der Waals surface area contributed by atoms with Gasteiger partial charge in [0.2, 0.25) is 11.5 Å². The van der Waals surface area contributed by atoms with E-state index in [-0.39, 0.29) is 26.2 Å². The van der Waals surface area contributed by atoms with Gasteiger partial charge in [0.15, 0.2) is 23.0 Å². The zero-order chi connectivity index (χ0) is 43.3. The zero-order valence-electron chi connectivity index (χ0n) is 34.3. The lowest BCUT2D eigenvalue weighted by molar-refractivity contribution is -0.445. The molecule has 2 spiro atoms. The molecular formula is C44H43N3O14. The molecular weight excluding hydrogens is 794 g/mol. The second-order valence-corrected chi connectivity index (χ2v) is 13.8. The number of carbonyl (C=O) groups excluding carboxylic acids is 4. The maximum Gasteiger partial charge on any atom is 0.420 e. The van der Waals surface area contributed by atoms with Crippen molar-refractivity contribution in [2.75, 3.05) is 55.7 Å². The third-order valence-corrected chi connectivity index (χ3v) is 10.2. The van der Waals surface area contributed by atoms with Gasteiger partial charge >= 0.3 is 35.7 Å². The average Bonchev–Trinajstić information content (AvgIpc) is 3.58. The van der Waals surface area contributed by atoms with E-state index in [0.717, 1.165) is 35.4 Å². The van der Waals surface area contributed by atoms with Crippen LogP contribution in [-0.4, -0.2) is 106 Å². The Hall–Kier alpha value is -7.11. The third kappa shape index (κ3) is 8.12. The van der Waals surface area contributed by atoms with Crippen molar-refractivity contribution >= 4 is 23.9 Å². The van der Waals surface area contributed by atoms with Crippen molar-refractivity contribution in [3.63, 3.8) is 0 Å². The Kier molecular flexibility index (Phi) is 12.1. The Balaban J connectivity index is 1.33. The smallest absolute Gasteiger partial charge is 0.420 e. The van der Waals surface area contributed by atoms with Gasteiger partial charge in [0.05, 0.1) is 48.4 Å². The van der Waals surface area contributed by atoms with Crippen molar-refractivity contribution < 1.29 is 66.5 Å². The molecule has 0 bridgehead atoms. The van der Waals surface area contributed by atoms with E-state index in [9.17, 15) is 19.2 Å². The first kappa shape index (κ1) is 42.0. The summed E-state index contributed by atoms with van der Waals surface area (Å²) in [5.74, 6) is -7.01. The molecule has 0 saturated carbocycles. The molecule has 61 heavy (non-hydrogen) atoms. The first-order valence-electron chi connectivity index (χ1n) is 18.9. The number of esters is 4. The number of hydrogen-bond acceptors (Lipinski definition) is 17. The van der Waals surface area contributed by atoms with Crippen LogP contribution in [0.5, 0.6) is 34.5 Å². The molecule has 318 valence electrons. The van der Waals surface area contributed by atoms with Gasteiger partial charge in [-0.15, -0.1) is 0 Å². The molecule has 1 saturated heterocycles. The summed E-state index contributed by atoms with van der Waals surface area (Å²) in [4.78, 5) is 61.8. The summed E-state index contributed by atoms with van der Waals surface area (Å²) < 4.78 is 57.7. The summed E-state index contributed by atoms with van der Waals surface area (Å²) in [6.45, 7) is -0.00976. The van der Waals surface area contributed by atoms with Gasteiger partial charge in [-0.25, -0.2) is 29.0 Å². The average molecular weight is 838 g/mol. The van der Waals surface area contributed by atoms with Gasteiger partial charge in [0, 0.05) is 62.2 Å². The lowest BCUT2D eigenvalue weighted by Gasteiger charge is -2.50. The monoisotopic (exact) mass is 837 g/mol. The molecule has 7 rings (SSSR count). The molecule has 3 aromatic carbocycles. The predicted molar refractivity (Wildman–Crippen MR) is 214 cm³/mol. The van der Waals surface area contributed by atoms with Gasteiger partial charge in [0.25, 0.3) is 0 Å². The molecule has 1 aromatic heterocycles. The number of nitrogens with zero attached hydrogens (tertiary/aromatic N) is 3. The number of rotatable bonds is 12. The predicted octanol–water partition coefficient (Wildman–Crippen LogP) is 4.80. The zero-order valence-corrected chi connectivity index (χ0v) is 34.3. The standard InChI is InChI=1S/C44H43N3O14/c1-52-33-21-30(22-34(53-2)41(33)56-5)29-10-7-9-27(19-29)25-46-17-8-18-47(26-28-15-16-45-32(20-28)31-23-35(54-3)42(57-6)36(24-31)55-4)44(60-39(50)13-14-40(51)61-44)43(46)58-37(48)11-12-38(49)59-43/h7,9-16,19-24H,8,17-18,25-26H2,1-6H3. The lowest BCUT2D eigenvalue weighted by atomic mass is 10.0. The summed E-state index contributed by atoms with van der Waals surface area (Å²) in [5, 5.41) is 0. The van der Waals surface area contributed by atoms with Crippen molar-refractivity contribution in [1.82, 2.24) is 14.8 Å². The largest absolute Gasteiger partial charge is 0.493 e. The Morgan fingerprint density at radius 2 is 0.951 bits per heavy atom. The molecule has 0 amide bonds. The van der Waals surface area contributed by atoms with Crippen LogP contribution in [0.15, 0.2) is 91.2 Å². The molecule has 4 heterocycles. The number of benzene rings is 3. The lowest BCUT2D eigenvalue weighted by Crippen LogP contribution is -2.75. The van der Waals surface area contributed by atoms with Gasteiger partial charge in [-0.1, -0.05) is 18.2 Å². The molecule has 0 aliphatic carbocycles. The minimum absolute atomic E-state index is 0.0719. The van der Waals surface area contributed by atoms with E-state index in [1.165, 1.54) is 52.5 Å². The minimum Gasteiger partial charge on any atom is -0.493 e. The highest BCUT2D eigenvalue weighted by molar-refractivity contribution is 5.95. The minimum atomic E-state index is -2.71. The van der Waals surface area contributed by atoms with E-state index in [1.54, 1.807) is 42.6 Å². The Morgan fingerprint density at radius 1 is 0.525 bits per heavy atom. The van der Waals surface area contributed by atoms with E-state index in [0.29, 0.717) is 63.3 Å². The summed E-state index contributed by atoms with van der Waals surface area (Å²) >= 11 is 0. The number of pyridine rings is 1. The van der Waals surface area contributed by atoms with Crippen LogP contribution in [0.2, 0.25) is 0 Å². The van der Waals surface area contributed by atoms with E-state index >= 15 is 0 Å². The maximum absolute atomic E-state index is 13.6. The fourth-order valence-electron chi connectivity index (χ4n) is 7.52. The van der Waals surface area contributed by atoms with Crippen LogP contribution in [0, 0.1) is 0 Å².